The molecule has 2 N–H and O–H groups in total. The number of amides is 2. The Labute approximate surface area is 181 Å². The van der Waals surface area contributed by atoms with Gasteiger partial charge in [-0.1, -0.05) is 23.7 Å². The van der Waals surface area contributed by atoms with Crippen LogP contribution >= 0.6 is 34.2 Å². The number of carbonyl (C=O) groups excluding carboxylic acids is 2. The zero-order valence-electron chi connectivity index (χ0n) is 15.3. The monoisotopic (exact) mass is 515 g/mol. The highest BCUT2D eigenvalue weighted by Gasteiger charge is 2.12. The van der Waals surface area contributed by atoms with Crippen LogP contribution in [0.2, 0.25) is 5.02 Å². The van der Waals surface area contributed by atoms with Crippen molar-refractivity contribution < 1.29 is 19.1 Å². The van der Waals surface area contributed by atoms with E-state index in [1.54, 1.807) is 37.4 Å². The number of rotatable bonds is 8. The number of carbonyl (C=O) groups is 2. The summed E-state index contributed by atoms with van der Waals surface area (Å²) in [4.78, 5) is 23.8. The van der Waals surface area contributed by atoms with Gasteiger partial charge in [-0.3, -0.25) is 9.59 Å². The van der Waals surface area contributed by atoms with Gasteiger partial charge in [-0.05, 0) is 59.3 Å². The minimum Gasteiger partial charge on any atom is -0.492 e. The smallest absolute Gasteiger partial charge is 0.249 e. The predicted octanol–water partition coefficient (Wildman–Crippen LogP) is 3.83. The van der Waals surface area contributed by atoms with E-state index < -0.39 is 11.8 Å². The summed E-state index contributed by atoms with van der Waals surface area (Å²) in [6.07, 6.45) is 1.08. The van der Waals surface area contributed by atoms with Crippen molar-refractivity contribution >= 4 is 57.9 Å². The van der Waals surface area contributed by atoms with E-state index in [-0.39, 0.29) is 6.42 Å². The number of ether oxygens (including phenoxy) is 2. The molecular formula is C19H19ClIN3O4. The molecule has 0 saturated heterocycles. The van der Waals surface area contributed by atoms with Crippen LogP contribution in [-0.4, -0.2) is 31.7 Å². The topological polar surface area (TPSA) is 89.0 Å². The number of hydrazone groups is 1. The second kappa shape index (κ2) is 10.9. The summed E-state index contributed by atoms with van der Waals surface area (Å²) >= 11 is 8.10. The van der Waals surface area contributed by atoms with E-state index in [9.17, 15) is 9.59 Å². The number of nitrogens with zero attached hydrogens (tertiary/aromatic N) is 1. The fourth-order valence-corrected chi connectivity index (χ4v) is 3.27. The van der Waals surface area contributed by atoms with Gasteiger partial charge in [0.25, 0.3) is 0 Å². The minimum absolute atomic E-state index is 0.382. The van der Waals surface area contributed by atoms with Crippen molar-refractivity contribution in [3.05, 3.63) is 50.6 Å². The molecule has 0 atom stereocenters. The lowest BCUT2D eigenvalue weighted by Gasteiger charge is -2.11. The number of para-hydroxylation sites is 1. The standard InChI is InChI=1S/C19H19ClIN3O4/c1-3-28-16-9-12(8-14(21)19(16)27-2)11-22-24-18(26)10-17(25)23-15-7-5-4-6-13(15)20/h4-9,11H,3,10H2,1-2H3,(H,23,25)(H,24,26). The maximum Gasteiger partial charge on any atom is 0.249 e. The number of nitrogens with one attached hydrogen (secondary N) is 2. The first kappa shape index (κ1) is 22.0. The molecule has 2 amide bonds. The molecule has 7 nitrogen and oxygen atoms in total. The number of hydrogen-bond acceptors (Lipinski definition) is 5. The van der Waals surface area contributed by atoms with Gasteiger partial charge in [-0.2, -0.15) is 5.10 Å². The lowest BCUT2D eigenvalue weighted by molar-refractivity contribution is -0.126. The molecule has 0 heterocycles. The van der Waals surface area contributed by atoms with Crippen LogP contribution in [0.1, 0.15) is 18.9 Å². The van der Waals surface area contributed by atoms with Crippen LogP contribution in [0.3, 0.4) is 0 Å². The van der Waals surface area contributed by atoms with Crippen LogP contribution in [0.15, 0.2) is 41.5 Å². The van der Waals surface area contributed by atoms with Crippen molar-refractivity contribution in [3.8, 4) is 11.5 Å². The molecule has 0 radical (unpaired) electrons. The van der Waals surface area contributed by atoms with E-state index in [4.69, 9.17) is 21.1 Å². The summed E-state index contributed by atoms with van der Waals surface area (Å²) < 4.78 is 11.7. The molecule has 0 aliphatic heterocycles. The van der Waals surface area contributed by atoms with Gasteiger partial charge in [0, 0.05) is 0 Å². The molecule has 2 rings (SSSR count). The van der Waals surface area contributed by atoms with Gasteiger partial charge < -0.3 is 14.8 Å². The number of hydrogen-bond donors (Lipinski definition) is 2. The Balaban J connectivity index is 1.94. The maximum atomic E-state index is 11.9. The van der Waals surface area contributed by atoms with Gasteiger partial charge in [0.15, 0.2) is 11.5 Å². The lowest BCUT2D eigenvalue weighted by Crippen LogP contribution is -2.24. The summed E-state index contributed by atoms with van der Waals surface area (Å²) in [7, 11) is 1.57. The Bertz CT molecular complexity index is 889. The number of methoxy groups -OCH3 is 1. The number of halogens is 2. The van der Waals surface area contributed by atoms with Gasteiger partial charge in [0.2, 0.25) is 11.8 Å². The minimum atomic E-state index is -0.547. The first-order chi connectivity index (χ1) is 13.4. The first-order valence-corrected chi connectivity index (χ1v) is 9.76. The number of anilines is 1. The van der Waals surface area contributed by atoms with Gasteiger partial charge >= 0.3 is 0 Å². The van der Waals surface area contributed by atoms with E-state index in [0.29, 0.717) is 28.8 Å². The quantitative estimate of drug-likeness (QED) is 0.242. The number of benzene rings is 2. The largest absolute Gasteiger partial charge is 0.492 e. The van der Waals surface area contributed by atoms with Gasteiger partial charge in [-0.25, -0.2) is 5.43 Å². The highest BCUT2D eigenvalue weighted by molar-refractivity contribution is 14.1. The summed E-state index contributed by atoms with van der Waals surface area (Å²) in [6.45, 7) is 2.37. The summed E-state index contributed by atoms with van der Waals surface area (Å²) in [5.74, 6) is 0.191. The Kier molecular flexibility index (Phi) is 8.52. The van der Waals surface area contributed by atoms with E-state index in [1.165, 1.54) is 6.21 Å². The molecule has 28 heavy (non-hydrogen) atoms. The average Bonchev–Trinajstić information content (AvgIpc) is 2.64. The second-order valence-corrected chi connectivity index (χ2v) is 7.03. The molecule has 0 aliphatic carbocycles. The van der Waals surface area contributed by atoms with Crippen LogP contribution in [0.25, 0.3) is 0 Å². The van der Waals surface area contributed by atoms with Crippen LogP contribution in [0.4, 0.5) is 5.69 Å². The lowest BCUT2D eigenvalue weighted by atomic mass is 10.2. The Morgan fingerprint density at radius 1 is 1.25 bits per heavy atom. The molecular weight excluding hydrogens is 497 g/mol. The van der Waals surface area contributed by atoms with E-state index in [1.807, 2.05) is 13.0 Å². The zero-order valence-corrected chi connectivity index (χ0v) is 18.2. The first-order valence-electron chi connectivity index (χ1n) is 8.31. The van der Waals surface area contributed by atoms with E-state index >= 15 is 0 Å². The van der Waals surface area contributed by atoms with Crippen molar-refractivity contribution in [1.82, 2.24) is 5.43 Å². The molecule has 2 aromatic rings. The van der Waals surface area contributed by atoms with Crippen molar-refractivity contribution in [2.75, 3.05) is 19.0 Å². The van der Waals surface area contributed by atoms with Crippen molar-refractivity contribution in [2.24, 2.45) is 5.10 Å². The molecule has 2 aromatic carbocycles. The Morgan fingerprint density at radius 2 is 2.00 bits per heavy atom. The predicted molar refractivity (Wildman–Crippen MR) is 117 cm³/mol. The Morgan fingerprint density at radius 3 is 2.68 bits per heavy atom. The fourth-order valence-electron chi connectivity index (χ4n) is 2.24. The average molecular weight is 516 g/mol. The fraction of sp³-hybridized carbons (Fsp3) is 0.211. The Hall–Kier alpha value is -2.33. The normalized spacial score (nSPS) is 10.6. The zero-order chi connectivity index (χ0) is 20.5. The molecule has 148 valence electrons. The van der Waals surface area contributed by atoms with Crippen molar-refractivity contribution in [3.63, 3.8) is 0 Å². The third-order valence-electron chi connectivity index (χ3n) is 3.41. The van der Waals surface area contributed by atoms with Crippen LogP contribution < -0.4 is 20.2 Å². The molecule has 0 aliphatic rings. The van der Waals surface area contributed by atoms with Crippen LogP contribution in [0, 0.1) is 3.57 Å². The molecule has 0 unspecified atom stereocenters. The second-order valence-electron chi connectivity index (χ2n) is 5.47. The maximum absolute atomic E-state index is 11.9. The third-order valence-corrected chi connectivity index (χ3v) is 4.54. The van der Waals surface area contributed by atoms with Gasteiger partial charge in [0.1, 0.15) is 6.42 Å². The van der Waals surface area contributed by atoms with Crippen LogP contribution in [-0.2, 0) is 9.59 Å². The third kappa shape index (κ3) is 6.38. The van der Waals surface area contributed by atoms with Gasteiger partial charge in [-0.15, -0.1) is 0 Å². The van der Waals surface area contributed by atoms with E-state index in [0.717, 1.165) is 9.13 Å². The molecule has 0 aromatic heterocycles. The van der Waals surface area contributed by atoms with Crippen LogP contribution in [0.5, 0.6) is 11.5 Å². The molecule has 0 fully saturated rings. The summed E-state index contributed by atoms with van der Waals surface area (Å²) in [5, 5.41) is 6.86. The molecule has 0 saturated carbocycles. The SMILES string of the molecule is CCOc1cc(C=NNC(=O)CC(=O)Nc2ccccc2Cl)cc(I)c1OC. The van der Waals surface area contributed by atoms with E-state index in [2.05, 4.69) is 38.4 Å². The van der Waals surface area contributed by atoms with Gasteiger partial charge in [0.05, 0.1) is 34.2 Å². The molecule has 0 bridgehead atoms. The summed E-state index contributed by atoms with van der Waals surface area (Å²) in [5.41, 5.74) is 3.49. The van der Waals surface area contributed by atoms with Crippen molar-refractivity contribution in [2.45, 2.75) is 13.3 Å². The van der Waals surface area contributed by atoms with Crippen molar-refractivity contribution in [1.29, 1.82) is 0 Å². The highest BCUT2D eigenvalue weighted by atomic mass is 127. The summed E-state index contributed by atoms with van der Waals surface area (Å²) in [6, 6.07) is 10.4. The molecule has 9 heteroatoms. The highest BCUT2D eigenvalue weighted by Crippen LogP contribution is 2.33. The molecule has 0 spiro atoms.